The third-order valence-electron chi connectivity index (χ3n) is 5.52. The summed E-state index contributed by atoms with van der Waals surface area (Å²) in [5.41, 5.74) is -0.498. The molecule has 1 amide bonds. The highest BCUT2D eigenvalue weighted by Crippen LogP contribution is 2.35. The topological polar surface area (TPSA) is 59.0 Å². The summed E-state index contributed by atoms with van der Waals surface area (Å²) >= 11 is 0. The van der Waals surface area contributed by atoms with Crippen LogP contribution in [0.2, 0.25) is 0 Å². The third-order valence-corrected chi connectivity index (χ3v) is 5.52. The van der Waals surface area contributed by atoms with Gasteiger partial charge in [0.2, 0.25) is 0 Å². The highest BCUT2D eigenvalue weighted by Gasteiger charge is 2.35. The molecule has 1 heterocycles. The van der Waals surface area contributed by atoms with E-state index in [9.17, 15) is 23.1 Å². The molecule has 1 aliphatic rings. The van der Waals surface area contributed by atoms with Gasteiger partial charge < -0.3 is 19.5 Å². The molecule has 33 heavy (non-hydrogen) atoms. The number of hydrogen-bond donors (Lipinski definition) is 1. The van der Waals surface area contributed by atoms with Crippen LogP contribution in [-0.2, 0) is 10.9 Å². The molecule has 2 aromatic rings. The first-order valence-corrected chi connectivity index (χ1v) is 11.0. The predicted octanol–water partition coefficient (Wildman–Crippen LogP) is 5.83. The zero-order chi connectivity index (χ0) is 24.2. The fourth-order valence-electron chi connectivity index (χ4n) is 3.83. The Hall–Kier alpha value is -2.74. The average Bonchev–Trinajstić information content (AvgIpc) is 2.73. The van der Waals surface area contributed by atoms with Crippen molar-refractivity contribution in [3.05, 3.63) is 65.7 Å². The van der Waals surface area contributed by atoms with Crippen molar-refractivity contribution in [2.75, 3.05) is 13.1 Å². The van der Waals surface area contributed by atoms with E-state index in [-0.39, 0.29) is 12.5 Å². The molecule has 1 aliphatic heterocycles. The molecule has 0 spiro atoms. The minimum Gasteiger partial charge on any atom is -0.486 e. The van der Waals surface area contributed by atoms with E-state index in [1.54, 1.807) is 20.8 Å². The van der Waals surface area contributed by atoms with Crippen molar-refractivity contribution in [3.63, 3.8) is 0 Å². The molecule has 180 valence electrons. The lowest BCUT2D eigenvalue weighted by molar-refractivity contribution is -0.137. The number of carbonyl (C=O) groups excluding carboxylic acids is 1. The molecular weight excluding hydrogens is 435 g/mol. The van der Waals surface area contributed by atoms with Crippen LogP contribution < -0.4 is 4.74 Å². The zero-order valence-corrected chi connectivity index (χ0v) is 19.0. The molecule has 0 bridgehead atoms. The Morgan fingerprint density at radius 3 is 2.27 bits per heavy atom. The van der Waals surface area contributed by atoms with E-state index in [2.05, 4.69) is 0 Å². The maximum absolute atomic E-state index is 12.9. The van der Waals surface area contributed by atoms with Crippen LogP contribution in [-0.4, -0.2) is 40.9 Å². The van der Waals surface area contributed by atoms with Crippen molar-refractivity contribution >= 4 is 6.09 Å². The molecule has 0 aromatic heterocycles. The Morgan fingerprint density at radius 2 is 1.73 bits per heavy atom. The minimum absolute atomic E-state index is 0.150. The van der Waals surface area contributed by atoms with Crippen LogP contribution in [0.3, 0.4) is 0 Å². The molecule has 3 atom stereocenters. The zero-order valence-electron chi connectivity index (χ0n) is 19.0. The average molecular weight is 466 g/mol. The molecule has 1 N–H and O–H groups in total. The standard InChI is InChI=1S/C25H30F3NO4/c1-24(2,3)33-23(31)29-14-13-18(21(30)16-29)15-22(17-7-5-4-6-8-17)32-20-11-9-19(10-12-20)25(26,27)28/h4-12,18,21-22,30H,13-16H2,1-3H3/t18-,21-,22+/m1/s1. The fourth-order valence-corrected chi connectivity index (χ4v) is 3.83. The first kappa shape index (κ1) is 24.9. The highest BCUT2D eigenvalue weighted by atomic mass is 19.4. The number of hydrogen-bond acceptors (Lipinski definition) is 4. The fraction of sp³-hybridized carbons (Fsp3) is 0.480. The smallest absolute Gasteiger partial charge is 0.416 e. The van der Waals surface area contributed by atoms with Crippen LogP contribution in [0.1, 0.15) is 50.8 Å². The predicted molar refractivity (Wildman–Crippen MR) is 118 cm³/mol. The summed E-state index contributed by atoms with van der Waals surface area (Å²) < 4.78 is 50.1. The van der Waals surface area contributed by atoms with Crippen molar-refractivity contribution in [1.82, 2.24) is 4.90 Å². The van der Waals surface area contributed by atoms with Gasteiger partial charge in [-0.25, -0.2) is 4.79 Å². The number of nitrogens with zero attached hydrogens (tertiary/aromatic N) is 1. The second-order valence-corrected chi connectivity index (χ2v) is 9.32. The summed E-state index contributed by atoms with van der Waals surface area (Å²) in [7, 11) is 0. The van der Waals surface area contributed by atoms with Gasteiger partial charge in [0.15, 0.2) is 0 Å². The largest absolute Gasteiger partial charge is 0.486 e. The summed E-state index contributed by atoms with van der Waals surface area (Å²) in [6.07, 6.45) is -5.09. The molecule has 1 saturated heterocycles. The van der Waals surface area contributed by atoms with Crippen molar-refractivity contribution in [3.8, 4) is 5.75 Å². The number of halogens is 3. The Labute approximate surface area is 192 Å². The molecule has 5 nitrogen and oxygen atoms in total. The summed E-state index contributed by atoms with van der Waals surface area (Å²) in [5.74, 6) is 0.167. The molecule has 0 unspecified atom stereocenters. The SMILES string of the molecule is CC(C)(C)OC(=O)N1CC[C@H](C[C@H](Oc2ccc(C(F)(F)F)cc2)c2ccccc2)[C@H](O)C1. The Balaban J connectivity index is 1.70. The van der Waals surface area contributed by atoms with Crippen LogP contribution in [0, 0.1) is 5.92 Å². The van der Waals surface area contributed by atoms with E-state index in [0.717, 1.165) is 17.7 Å². The van der Waals surface area contributed by atoms with Gasteiger partial charge in [-0.05, 0) is 69.4 Å². The second kappa shape index (κ2) is 10.0. The molecule has 2 aromatic carbocycles. The Kier molecular flexibility index (Phi) is 7.57. The lowest BCUT2D eigenvalue weighted by Gasteiger charge is -2.38. The number of likely N-dealkylation sites (tertiary alicyclic amines) is 1. The first-order chi connectivity index (χ1) is 15.4. The number of piperidine rings is 1. The normalized spacial score (nSPS) is 20.3. The van der Waals surface area contributed by atoms with Crippen molar-refractivity contribution < 1.29 is 32.5 Å². The van der Waals surface area contributed by atoms with Gasteiger partial charge in [-0.15, -0.1) is 0 Å². The van der Waals surface area contributed by atoms with Gasteiger partial charge in [-0.2, -0.15) is 13.2 Å². The third kappa shape index (κ3) is 7.12. The molecule has 8 heteroatoms. The van der Waals surface area contributed by atoms with Crippen molar-refractivity contribution in [2.45, 2.75) is 57.6 Å². The van der Waals surface area contributed by atoms with Crippen LogP contribution >= 0.6 is 0 Å². The number of β-amino-alcohol motifs (C(OH)–C–C–N with tert-alkyl or cyclic N) is 1. The highest BCUT2D eigenvalue weighted by molar-refractivity contribution is 5.68. The van der Waals surface area contributed by atoms with E-state index < -0.39 is 35.6 Å². The van der Waals surface area contributed by atoms with E-state index >= 15 is 0 Å². The van der Waals surface area contributed by atoms with Gasteiger partial charge in [0, 0.05) is 6.54 Å². The van der Waals surface area contributed by atoms with E-state index in [4.69, 9.17) is 9.47 Å². The Bertz CT molecular complexity index is 910. The monoisotopic (exact) mass is 465 g/mol. The lowest BCUT2D eigenvalue weighted by Crippen LogP contribution is -2.48. The van der Waals surface area contributed by atoms with E-state index in [1.165, 1.54) is 17.0 Å². The number of ether oxygens (including phenoxy) is 2. The molecule has 0 radical (unpaired) electrons. The van der Waals surface area contributed by atoms with Crippen LogP contribution in [0.4, 0.5) is 18.0 Å². The number of carbonyl (C=O) groups is 1. The van der Waals surface area contributed by atoms with Gasteiger partial charge in [-0.3, -0.25) is 0 Å². The van der Waals surface area contributed by atoms with Gasteiger partial charge in [0.1, 0.15) is 17.5 Å². The van der Waals surface area contributed by atoms with Gasteiger partial charge in [0.25, 0.3) is 0 Å². The molecular formula is C25H30F3NO4. The van der Waals surface area contributed by atoms with Crippen LogP contribution in [0.15, 0.2) is 54.6 Å². The summed E-state index contributed by atoms with van der Waals surface area (Å²) in [6, 6.07) is 14.0. The van der Waals surface area contributed by atoms with E-state index in [0.29, 0.717) is 25.1 Å². The minimum atomic E-state index is -4.41. The second-order valence-electron chi connectivity index (χ2n) is 9.32. The maximum atomic E-state index is 12.9. The number of aliphatic hydroxyl groups excluding tert-OH is 1. The number of alkyl halides is 3. The number of benzene rings is 2. The van der Waals surface area contributed by atoms with E-state index in [1.807, 2.05) is 30.3 Å². The maximum Gasteiger partial charge on any atom is 0.416 e. The summed E-state index contributed by atoms with van der Waals surface area (Å²) in [6.45, 7) is 5.96. The lowest BCUT2D eigenvalue weighted by atomic mass is 9.87. The van der Waals surface area contributed by atoms with Gasteiger partial charge >= 0.3 is 12.3 Å². The quantitative estimate of drug-likeness (QED) is 0.603. The molecule has 1 fully saturated rings. The summed E-state index contributed by atoms with van der Waals surface area (Å²) in [5, 5.41) is 10.7. The van der Waals surface area contributed by atoms with Gasteiger partial charge in [0.05, 0.1) is 18.2 Å². The van der Waals surface area contributed by atoms with Gasteiger partial charge in [-0.1, -0.05) is 30.3 Å². The van der Waals surface area contributed by atoms with Crippen molar-refractivity contribution in [2.24, 2.45) is 5.92 Å². The number of amides is 1. The molecule has 0 saturated carbocycles. The molecule has 0 aliphatic carbocycles. The van der Waals surface area contributed by atoms with Crippen LogP contribution in [0.5, 0.6) is 5.75 Å². The Morgan fingerprint density at radius 1 is 1.09 bits per heavy atom. The summed E-state index contributed by atoms with van der Waals surface area (Å²) in [4.78, 5) is 13.8. The van der Waals surface area contributed by atoms with Crippen molar-refractivity contribution in [1.29, 1.82) is 0 Å². The number of aliphatic hydroxyl groups is 1. The molecule has 3 rings (SSSR count). The van der Waals surface area contributed by atoms with Crippen LogP contribution in [0.25, 0.3) is 0 Å². The number of rotatable bonds is 5. The first-order valence-electron chi connectivity index (χ1n) is 11.0.